The normalized spacial score (nSPS) is 15.0. The molecule has 0 radical (unpaired) electrons. The third-order valence-electron chi connectivity index (χ3n) is 3.93. The van der Waals surface area contributed by atoms with Crippen molar-refractivity contribution in [2.75, 3.05) is 13.1 Å². The number of unbranched alkanes of at least 4 members (excludes halogenated alkanes) is 1. The molecular weight excluding hydrogens is 316 g/mol. The van der Waals surface area contributed by atoms with Gasteiger partial charge in [-0.1, -0.05) is 0 Å². The fraction of sp³-hybridized carbons (Fsp3) is 0.500. The zero-order chi connectivity index (χ0) is 15.5. The number of nitrogens with zero attached hydrogens (tertiary/aromatic N) is 2. The van der Waals surface area contributed by atoms with Gasteiger partial charge in [-0.05, 0) is 44.4 Å². The van der Waals surface area contributed by atoms with Crippen molar-refractivity contribution in [1.82, 2.24) is 9.88 Å². The van der Waals surface area contributed by atoms with Crippen LogP contribution < -0.4 is 0 Å². The maximum Gasteiger partial charge on any atom is 0.303 e. The van der Waals surface area contributed by atoms with Crippen LogP contribution in [0.25, 0.3) is 10.6 Å². The van der Waals surface area contributed by atoms with Gasteiger partial charge in [0.25, 0.3) is 0 Å². The Balaban J connectivity index is 1.59. The molecule has 2 aromatic rings. The van der Waals surface area contributed by atoms with Gasteiger partial charge in [0, 0.05) is 29.8 Å². The molecule has 2 aromatic heterocycles. The minimum absolute atomic E-state index is 0.283. The molecule has 0 bridgehead atoms. The van der Waals surface area contributed by atoms with Crippen LogP contribution in [0.2, 0.25) is 0 Å². The zero-order valence-corrected chi connectivity index (χ0v) is 14.3. The second kappa shape index (κ2) is 6.89. The van der Waals surface area contributed by atoms with Crippen molar-refractivity contribution in [3.05, 3.63) is 26.9 Å². The van der Waals surface area contributed by atoms with Gasteiger partial charge in [-0.15, -0.1) is 22.7 Å². The molecule has 1 aliphatic heterocycles. The van der Waals surface area contributed by atoms with Gasteiger partial charge >= 0.3 is 5.97 Å². The van der Waals surface area contributed by atoms with Gasteiger partial charge in [-0.25, -0.2) is 4.98 Å². The van der Waals surface area contributed by atoms with Crippen molar-refractivity contribution in [3.8, 4) is 10.6 Å². The summed E-state index contributed by atoms with van der Waals surface area (Å²) < 4.78 is 0. The van der Waals surface area contributed by atoms with Crippen LogP contribution in [0.3, 0.4) is 0 Å². The molecule has 0 amide bonds. The predicted molar refractivity (Wildman–Crippen MR) is 90.6 cm³/mol. The number of hydrogen-bond acceptors (Lipinski definition) is 5. The van der Waals surface area contributed by atoms with Crippen LogP contribution in [0.4, 0.5) is 0 Å². The maximum atomic E-state index is 10.5. The maximum absolute atomic E-state index is 10.5. The fourth-order valence-electron chi connectivity index (χ4n) is 2.80. The third-order valence-corrected chi connectivity index (χ3v) is 5.97. The van der Waals surface area contributed by atoms with Crippen LogP contribution >= 0.6 is 22.7 Å². The van der Waals surface area contributed by atoms with E-state index >= 15 is 0 Å². The molecule has 6 heteroatoms. The molecule has 0 spiro atoms. The van der Waals surface area contributed by atoms with E-state index in [4.69, 9.17) is 5.11 Å². The lowest BCUT2D eigenvalue weighted by atomic mass is 10.1. The number of thiazole rings is 1. The van der Waals surface area contributed by atoms with Gasteiger partial charge in [0.05, 0.1) is 15.6 Å². The predicted octanol–water partition coefficient (Wildman–Crippen LogP) is 3.79. The van der Waals surface area contributed by atoms with Crippen molar-refractivity contribution in [3.63, 3.8) is 0 Å². The highest BCUT2D eigenvalue weighted by Gasteiger charge is 2.20. The van der Waals surface area contributed by atoms with E-state index in [2.05, 4.69) is 21.3 Å². The summed E-state index contributed by atoms with van der Waals surface area (Å²) >= 11 is 3.57. The highest BCUT2D eigenvalue weighted by Crippen LogP contribution is 2.35. The van der Waals surface area contributed by atoms with Crippen LogP contribution in [-0.4, -0.2) is 34.0 Å². The molecule has 1 aliphatic rings. The van der Waals surface area contributed by atoms with Crippen molar-refractivity contribution < 1.29 is 9.90 Å². The van der Waals surface area contributed by atoms with E-state index in [-0.39, 0.29) is 6.42 Å². The number of carboxylic acid groups (broad SMARTS) is 1. The second-order valence-electron chi connectivity index (χ2n) is 5.69. The lowest BCUT2D eigenvalue weighted by Gasteiger charge is -2.26. The molecule has 0 fully saturated rings. The number of hydrogen-bond donors (Lipinski definition) is 1. The molecule has 22 heavy (non-hydrogen) atoms. The molecule has 1 N–H and O–H groups in total. The molecular formula is C16H20N2O2S2. The summed E-state index contributed by atoms with van der Waals surface area (Å²) in [5, 5.41) is 11.9. The van der Waals surface area contributed by atoms with Gasteiger partial charge in [-0.3, -0.25) is 9.69 Å². The number of aromatic nitrogens is 1. The molecule has 0 saturated carbocycles. The average molecular weight is 336 g/mol. The number of fused-ring (bicyclic) bond motifs is 1. The highest BCUT2D eigenvalue weighted by molar-refractivity contribution is 7.16. The lowest BCUT2D eigenvalue weighted by molar-refractivity contribution is -0.137. The summed E-state index contributed by atoms with van der Waals surface area (Å²) in [4.78, 5) is 20.3. The number of aryl methyl sites for hydroxylation is 1. The van der Waals surface area contributed by atoms with Gasteiger partial charge in [0.2, 0.25) is 0 Å². The average Bonchev–Trinajstić information content (AvgIpc) is 3.08. The van der Waals surface area contributed by atoms with Crippen LogP contribution in [0.15, 0.2) is 11.4 Å². The quantitative estimate of drug-likeness (QED) is 0.815. The number of aliphatic carboxylic acids is 1. The first kappa shape index (κ1) is 15.6. The Bertz CT molecular complexity index is 663. The van der Waals surface area contributed by atoms with E-state index in [0.29, 0.717) is 0 Å². The van der Waals surface area contributed by atoms with Crippen LogP contribution in [0.1, 0.15) is 34.7 Å². The SMILES string of the molecule is Cc1nc(-c2cc3c(s2)CCN(CCCCC(=O)O)C3)cs1. The first-order valence-corrected chi connectivity index (χ1v) is 9.29. The first-order valence-electron chi connectivity index (χ1n) is 7.60. The topological polar surface area (TPSA) is 53.4 Å². The monoisotopic (exact) mass is 336 g/mol. The minimum Gasteiger partial charge on any atom is -0.481 e. The molecule has 0 unspecified atom stereocenters. The van der Waals surface area contributed by atoms with Crippen molar-refractivity contribution in [2.45, 2.75) is 39.2 Å². The lowest BCUT2D eigenvalue weighted by Crippen LogP contribution is -2.30. The van der Waals surface area contributed by atoms with Gasteiger partial charge in [-0.2, -0.15) is 0 Å². The van der Waals surface area contributed by atoms with E-state index in [1.165, 1.54) is 15.3 Å². The summed E-state index contributed by atoms with van der Waals surface area (Å²) in [5.41, 5.74) is 2.53. The van der Waals surface area contributed by atoms with E-state index in [1.807, 2.05) is 18.3 Å². The second-order valence-corrected chi connectivity index (χ2v) is 7.89. The molecule has 3 heterocycles. The number of thiophene rings is 1. The number of carbonyl (C=O) groups is 1. The molecule has 0 saturated heterocycles. The van der Waals surface area contributed by atoms with Gasteiger partial charge < -0.3 is 5.11 Å². The Morgan fingerprint density at radius 3 is 3.05 bits per heavy atom. The van der Waals surface area contributed by atoms with Crippen LogP contribution in [0, 0.1) is 6.92 Å². The van der Waals surface area contributed by atoms with Crippen molar-refractivity contribution in [2.24, 2.45) is 0 Å². The van der Waals surface area contributed by atoms with Crippen molar-refractivity contribution >= 4 is 28.6 Å². The fourth-order valence-corrected chi connectivity index (χ4v) is 4.61. The largest absolute Gasteiger partial charge is 0.481 e. The van der Waals surface area contributed by atoms with E-state index in [9.17, 15) is 4.79 Å². The molecule has 0 atom stereocenters. The van der Waals surface area contributed by atoms with E-state index in [0.717, 1.165) is 49.6 Å². The molecule has 0 aromatic carbocycles. The summed E-state index contributed by atoms with van der Waals surface area (Å²) in [6, 6.07) is 2.29. The van der Waals surface area contributed by atoms with Gasteiger partial charge in [0.1, 0.15) is 0 Å². The Kier molecular flexibility index (Phi) is 4.90. The molecule has 0 aliphatic carbocycles. The van der Waals surface area contributed by atoms with Crippen LogP contribution in [0.5, 0.6) is 0 Å². The molecule has 4 nitrogen and oxygen atoms in total. The molecule has 118 valence electrons. The summed E-state index contributed by atoms with van der Waals surface area (Å²) in [6.07, 6.45) is 3.11. The Labute approximate surface area is 138 Å². The Morgan fingerprint density at radius 1 is 1.45 bits per heavy atom. The smallest absolute Gasteiger partial charge is 0.303 e. The van der Waals surface area contributed by atoms with Crippen molar-refractivity contribution in [1.29, 1.82) is 0 Å². The number of carboxylic acids is 1. The summed E-state index contributed by atoms with van der Waals surface area (Å²) in [7, 11) is 0. The zero-order valence-electron chi connectivity index (χ0n) is 12.7. The Morgan fingerprint density at radius 2 is 2.32 bits per heavy atom. The van der Waals surface area contributed by atoms with Crippen LogP contribution in [-0.2, 0) is 17.8 Å². The number of rotatable bonds is 6. The highest BCUT2D eigenvalue weighted by atomic mass is 32.1. The standard InChI is InChI=1S/C16H20N2O2S2/c1-11-17-13(10-21-11)15-8-12-9-18(7-5-14(12)22-15)6-3-2-4-16(19)20/h8,10H,2-7,9H2,1H3,(H,19,20). The van der Waals surface area contributed by atoms with Gasteiger partial charge in [0.15, 0.2) is 0 Å². The summed E-state index contributed by atoms with van der Waals surface area (Å²) in [5.74, 6) is -0.693. The minimum atomic E-state index is -0.693. The first-order chi connectivity index (χ1) is 10.6. The summed E-state index contributed by atoms with van der Waals surface area (Å²) in [6.45, 7) is 5.10. The molecule has 3 rings (SSSR count). The Hall–Kier alpha value is -1.24. The third kappa shape index (κ3) is 3.74. The van der Waals surface area contributed by atoms with E-state index < -0.39 is 5.97 Å². The van der Waals surface area contributed by atoms with E-state index in [1.54, 1.807) is 11.3 Å².